The van der Waals surface area contributed by atoms with Gasteiger partial charge in [-0.05, 0) is 62.1 Å². The number of amides is 1. The second kappa shape index (κ2) is 9.30. The molecule has 10 heteroatoms. The molecule has 176 valence electrons. The van der Waals surface area contributed by atoms with E-state index < -0.39 is 24.5 Å². The maximum absolute atomic E-state index is 13.2. The van der Waals surface area contributed by atoms with Crippen LogP contribution in [0, 0.1) is 12.8 Å². The molecule has 0 bridgehead atoms. The van der Waals surface area contributed by atoms with E-state index in [2.05, 4.69) is 5.10 Å². The Morgan fingerprint density at radius 2 is 2.09 bits per heavy atom. The van der Waals surface area contributed by atoms with Gasteiger partial charge in [0.25, 0.3) is 5.91 Å². The molecule has 1 aliphatic heterocycles. The van der Waals surface area contributed by atoms with Crippen molar-refractivity contribution in [3.8, 4) is 0 Å². The zero-order chi connectivity index (χ0) is 23.7. The summed E-state index contributed by atoms with van der Waals surface area (Å²) in [6.45, 7) is 1.02. The van der Waals surface area contributed by atoms with Crippen molar-refractivity contribution in [2.24, 2.45) is 11.0 Å². The molecule has 1 aliphatic carbocycles. The summed E-state index contributed by atoms with van der Waals surface area (Å²) in [5.74, 6) is 0.207. The second-order valence-corrected chi connectivity index (χ2v) is 9.08. The average Bonchev–Trinajstić information content (AvgIpc) is 3.62. The Labute approximate surface area is 198 Å². The number of carbonyl (C=O) groups is 2. The molecule has 1 fully saturated rings. The summed E-state index contributed by atoms with van der Waals surface area (Å²) in [6.07, 6.45) is 7.76. The minimum absolute atomic E-state index is 0.0344. The maximum atomic E-state index is 13.2. The van der Waals surface area contributed by atoms with Crippen LogP contribution in [0.3, 0.4) is 0 Å². The standard InChI is InChI=1S/C24H23N3O6S/c1-15-14-34-24(30)26(15)12-21(29)33-13-20(28)27-23(19-8-4-10-32-19)18-7-2-5-16(22(18)25-27)11-17-6-3-9-31-17/h3-4,6,8-11,14,18,23H,2,5,7,12-13H2,1H3. The molecule has 5 rings (SSSR count). The van der Waals surface area contributed by atoms with E-state index in [9.17, 15) is 14.4 Å². The third-order valence-corrected chi connectivity index (χ3v) is 6.95. The van der Waals surface area contributed by atoms with Crippen molar-refractivity contribution >= 4 is 35.0 Å². The lowest BCUT2D eigenvalue weighted by Gasteiger charge is -2.27. The number of thiazole rings is 1. The van der Waals surface area contributed by atoms with E-state index in [1.165, 1.54) is 9.58 Å². The molecule has 0 saturated heterocycles. The minimum atomic E-state index is -0.658. The van der Waals surface area contributed by atoms with Gasteiger partial charge in [0.1, 0.15) is 24.1 Å². The maximum Gasteiger partial charge on any atom is 0.326 e. The van der Waals surface area contributed by atoms with Crippen LogP contribution in [0.2, 0.25) is 0 Å². The number of hydrazone groups is 1. The van der Waals surface area contributed by atoms with Gasteiger partial charge in [0.2, 0.25) is 0 Å². The number of ether oxygens (including phenoxy) is 1. The van der Waals surface area contributed by atoms with Crippen LogP contribution in [-0.2, 0) is 20.9 Å². The third kappa shape index (κ3) is 4.28. The van der Waals surface area contributed by atoms with Gasteiger partial charge in [-0.2, -0.15) is 5.10 Å². The Morgan fingerprint density at radius 3 is 2.79 bits per heavy atom. The predicted molar refractivity (Wildman–Crippen MR) is 124 cm³/mol. The van der Waals surface area contributed by atoms with Crippen LogP contribution >= 0.6 is 11.3 Å². The van der Waals surface area contributed by atoms with Crippen molar-refractivity contribution in [1.82, 2.24) is 9.58 Å². The zero-order valence-electron chi connectivity index (χ0n) is 18.5. The number of fused-ring (bicyclic) bond motifs is 1. The first-order chi connectivity index (χ1) is 16.5. The number of rotatable bonds is 6. The lowest BCUT2D eigenvalue weighted by molar-refractivity contribution is -0.153. The first kappa shape index (κ1) is 22.1. The highest BCUT2D eigenvalue weighted by Crippen LogP contribution is 2.44. The van der Waals surface area contributed by atoms with Crippen molar-refractivity contribution in [2.75, 3.05) is 6.61 Å². The van der Waals surface area contributed by atoms with Crippen molar-refractivity contribution in [3.63, 3.8) is 0 Å². The van der Waals surface area contributed by atoms with Gasteiger partial charge in [-0.1, -0.05) is 11.3 Å². The van der Waals surface area contributed by atoms with Crippen LogP contribution in [0.1, 0.15) is 42.5 Å². The minimum Gasteiger partial charge on any atom is -0.467 e. The molecule has 3 aromatic heterocycles. The zero-order valence-corrected chi connectivity index (χ0v) is 19.3. The van der Waals surface area contributed by atoms with Gasteiger partial charge in [0, 0.05) is 17.0 Å². The Kier molecular flexibility index (Phi) is 6.06. The number of aryl methyl sites for hydroxylation is 1. The van der Waals surface area contributed by atoms with E-state index in [0.717, 1.165) is 47.6 Å². The van der Waals surface area contributed by atoms with Crippen LogP contribution in [0.25, 0.3) is 6.08 Å². The molecular weight excluding hydrogens is 458 g/mol. The van der Waals surface area contributed by atoms with Gasteiger partial charge in [-0.3, -0.25) is 19.0 Å². The number of hydrogen-bond acceptors (Lipinski definition) is 8. The van der Waals surface area contributed by atoms with E-state index in [-0.39, 0.29) is 17.3 Å². The molecule has 3 aromatic rings. The fourth-order valence-corrected chi connectivity index (χ4v) is 5.20. The Hall–Kier alpha value is -3.66. The van der Waals surface area contributed by atoms with Gasteiger partial charge in [-0.25, -0.2) is 5.01 Å². The van der Waals surface area contributed by atoms with E-state index >= 15 is 0 Å². The molecule has 0 aromatic carbocycles. The fourth-order valence-electron chi connectivity index (χ4n) is 4.47. The van der Waals surface area contributed by atoms with E-state index in [1.807, 2.05) is 24.3 Å². The molecule has 0 spiro atoms. The number of carbonyl (C=O) groups excluding carboxylic acids is 2. The molecule has 1 saturated carbocycles. The molecular formula is C24H23N3O6S. The average molecular weight is 482 g/mol. The summed E-state index contributed by atoms with van der Waals surface area (Å²) in [6, 6.07) is 6.88. The second-order valence-electron chi connectivity index (χ2n) is 8.26. The summed E-state index contributed by atoms with van der Waals surface area (Å²) >= 11 is 1.01. The lowest BCUT2D eigenvalue weighted by atomic mass is 9.79. The molecule has 2 unspecified atom stereocenters. The largest absolute Gasteiger partial charge is 0.467 e. The number of nitrogens with zero attached hydrogens (tertiary/aromatic N) is 3. The molecule has 4 heterocycles. The number of furan rings is 2. The molecule has 9 nitrogen and oxygen atoms in total. The fraction of sp³-hybridized carbons (Fsp3) is 0.333. The van der Waals surface area contributed by atoms with Crippen LogP contribution in [-0.4, -0.2) is 33.8 Å². The third-order valence-electron chi connectivity index (χ3n) is 6.07. The van der Waals surface area contributed by atoms with Crippen molar-refractivity contribution < 1.29 is 23.2 Å². The summed E-state index contributed by atoms with van der Waals surface area (Å²) in [5, 5.41) is 7.72. The number of allylic oxidation sites excluding steroid dienone is 1. The Balaban J connectivity index is 1.36. The van der Waals surface area contributed by atoms with Gasteiger partial charge < -0.3 is 13.6 Å². The lowest BCUT2D eigenvalue weighted by Crippen LogP contribution is -2.35. The SMILES string of the molecule is Cc1csc(=O)n1CC(=O)OCC(=O)N1N=C2C(=Cc3ccco3)CCCC2C1c1ccco1. The summed E-state index contributed by atoms with van der Waals surface area (Å²) in [5.41, 5.74) is 2.51. The van der Waals surface area contributed by atoms with Gasteiger partial charge in [0.15, 0.2) is 6.61 Å². The van der Waals surface area contributed by atoms with Crippen molar-refractivity contribution in [1.29, 1.82) is 0 Å². The summed E-state index contributed by atoms with van der Waals surface area (Å²) in [4.78, 5) is 37.1. The van der Waals surface area contributed by atoms with E-state index in [4.69, 9.17) is 13.6 Å². The topological polar surface area (TPSA) is 107 Å². The first-order valence-electron chi connectivity index (χ1n) is 11.0. The van der Waals surface area contributed by atoms with Crippen LogP contribution in [0.4, 0.5) is 0 Å². The monoisotopic (exact) mass is 481 g/mol. The first-order valence-corrected chi connectivity index (χ1v) is 11.9. The molecule has 2 atom stereocenters. The predicted octanol–water partition coefficient (Wildman–Crippen LogP) is 3.77. The highest BCUT2D eigenvalue weighted by molar-refractivity contribution is 7.07. The number of aromatic nitrogens is 1. The van der Waals surface area contributed by atoms with Crippen molar-refractivity contribution in [2.45, 2.75) is 38.8 Å². The van der Waals surface area contributed by atoms with Crippen LogP contribution < -0.4 is 4.87 Å². The highest BCUT2D eigenvalue weighted by atomic mass is 32.1. The normalized spacial score (nSPS) is 20.9. The Bertz CT molecular complexity index is 1300. The molecule has 0 radical (unpaired) electrons. The summed E-state index contributed by atoms with van der Waals surface area (Å²) < 4.78 is 17.7. The van der Waals surface area contributed by atoms with E-state index in [0.29, 0.717) is 11.5 Å². The van der Waals surface area contributed by atoms with Gasteiger partial charge in [-0.15, -0.1) is 0 Å². The molecule has 1 amide bonds. The van der Waals surface area contributed by atoms with Crippen molar-refractivity contribution in [3.05, 3.63) is 74.6 Å². The van der Waals surface area contributed by atoms with Crippen LogP contribution in [0.5, 0.6) is 0 Å². The number of esters is 1. The Morgan fingerprint density at radius 1 is 1.26 bits per heavy atom. The number of hydrogen-bond donors (Lipinski definition) is 0. The van der Waals surface area contributed by atoms with Gasteiger partial charge >= 0.3 is 10.8 Å². The highest BCUT2D eigenvalue weighted by Gasteiger charge is 2.45. The van der Waals surface area contributed by atoms with Gasteiger partial charge in [0.05, 0.1) is 18.2 Å². The molecule has 34 heavy (non-hydrogen) atoms. The molecule has 0 N–H and O–H groups in total. The summed E-state index contributed by atoms with van der Waals surface area (Å²) in [7, 11) is 0. The van der Waals surface area contributed by atoms with Crippen LogP contribution in [0.15, 0.2) is 66.5 Å². The quantitative estimate of drug-likeness (QED) is 0.496. The molecule has 2 aliphatic rings. The van der Waals surface area contributed by atoms with E-state index in [1.54, 1.807) is 30.9 Å². The smallest absolute Gasteiger partial charge is 0.326 e.